The fourth-order valence-electron chi connectivity index (χ4n) is 3.96. The van der Waals surface area contributed by atoms with Crippen LogP contribution in [0.1, 0.15) is 57.9 Å². The number of aliphatic hydroxyl groups excluding tert-OH is 1. The summed E-state index contributed by atoms with van der Waals surface area (Å²) in [5.41, 5.74) is 3.91. The molecule has 1 heterocycles. The van der Waals surface area contributed by atoms with Crippen LogP contribution in [-0.4, -0.2) is 39.0 Å². The number of carbonyl (C=O) groups excluding carboxylic acids is 2. The van der Waals surface area contributed by atoms with Crippen molar-refractivity contribution in [2.75, 3.05) is 10.6 Å². The summed E-state index contributed by atoms with van der Waals surface area (Å²) in [7, 11) is 0. The summed E-state index contributed by atoms with van der Waals surface area (Å²) in [6.45, 7) is 0. The Morgan fingerprint density at radius 1 is 0.909 bits per heavy atom. The van der Waals surface area contributed by atoms with Crippen LogP contribution in [0.5, 0.6) is 0 Å². The molecule has 33 heavy (non-hydrogen) atoms. The van der Waals surface area contributed by atoms with Gasteiger partial charge in [0, 0.05) is 40.9 Å². The van der Waals surface area contributed by atoms with Crippen molar-refractivity contribution in [2.24, 2.45) is 0 Å². The molecule has 0 unspecified atom stereocenters. The molecule has 4 N–H and O–H groups in total. The molecule has 2 saturated carbocycles. The Bertz CT molecular complexity index is 1170. The van der Waals surface area contributed by atoms with E-state index in [0.29, 0.717) is 29.9 Å². The van der Waals surface area contributed by atoms with Crippen LogP contribution >= 0.6 is 0 Å². The van der Waals surface area contributed by atoms with Gasteiger partial charge in [-0.15, -0.1) is 0 Å². The van der Waals surface area contributed by atoms with E-state index in [4.69, 9.17) is 0 Å². The van der Waals surface area contributed by atoms with Gasteiger partial charge in [0.05, 0.1) is 6.10 Å². The molecule has 0 saturated heterocycles. The maximum Gasteiger partial charge on any atom is 0.258 e. The molecule has 168 valence electrons. The number of carbonyl (C=O) groups is 2. The zero-order valence-electron chi connectivity index (χ0n) is 18.0. The van der Waals surface area contributed by atoms with Crippen molar-refractivity contribution < 1.29 is 14.7 Å². The van der Waals surface area contributed by atoms with Gasteiger partial charge in [0.2, 0.25) is 5.95 Å². The first kappa shape index (κ1) is 21.1. The van der Waals surface area contributed by atoms with E-state index in [9.17, 15) is 14.7 Å². The smallest absolute Gasteiger partial charge is 0.258 e. The van der Waals surface area contributed by atoms with Crippen LogP contribution in [-0.2, 0) is 0 Å². The van der Waals surface area contributed by atoms with Crippen molar-refractivity contribution in [2.45, 2.75) is 43.7 Å². The van der Waals surface area contributed by atoms with Crippen LogP contribution in [0, 0.1) is 0 Å². The number of nitrogens with zero attached hydrogens (tertiary/aromatic N) is 2. The Morgan fingerprint density at radius 2 is 1.67 bits per heavy atom. The molecule has 0 radical (unpaired) electrons. The Hall–Kier alpha value is -3.78. The maximum absolute atomic E-state index is 12.7. The molecule has 0 spiro atoms. The number of nitrogens with one attached hydrogen (secondary N) is 3. The van der Waals surface area contributed by atoms with E-state index in [1.807, 2.05) is 30.3 Å². The van der Waals surface area contributed by atoms with Crippen molar-refractivity contribution in [3.05, 3.63) is 77.6 Å². The highest BCUT2D eigenvalue weighted by Crippen LogP contribution is 2.44. The lowest BCUT2D eigenvalue weighted by Crippen LogP contribution is -2.46. The fourth-order valence-corrected chi connectivity index (χ4v) is 3.96. The largest absolute Gasteiger partial charge is 0.393 e. The third-order valence-electron chi connectivity index (χ3n) is 5.97. The Morgan fingerprint density at radius 3 is 2.39 bits per heavy atom. The van der Waals surface area contributed by atoms with Gasteiger partial charge in [-0.1, -0.05) is 6.07 Å². The second-order valence-corrected chi connectivity index (χ2v) is 8.60. The molecule has 8 heteroatoms. The van der Waals surface area contributed by atoms with E-state index in [-0.39, 0.29) is 29.9 Å². The number of hydrogen-bond acceptors (Lipinski definition) is 6. The Kier molecular flexibility index (Phi) is 5.75. The summed E-state index contributed by atoms with van der Waals surface area (Å²) in [4.78, 5) is 33.3. The molecule has 5 rings (SSSR count). The monoisotopic (exact) mass is 443 g/mol. The topological polar surface area (TPSA) is 116 Å². The molecule has 1 aromatic heterocycles. The third-order valence-corrected chi connectivity index (χ3v) is 5.97. The van der Waals surface area contributed by atoms with Gasteiger partial charge in [-0.25, -0.2) is 9.97 Å². The van der Waals surface area contributed by atoms with Crippen LogP contribution < -0.4 is 16.0 Å². The van der Waals surface area contributed by atoms with Gasteiger partial charge in [0.1, 0.15) is 0 Å². The highest BCUT2D eigenvalue weighted by Gasteiger charge is 2.29. The lowest BCUT2D eigenvalue weighted by Gasteiger charge is -2.31. The minimum Gasteiger partial charge on any atom is -0.393 e. The highest BCUT2D eigenvalue weighted by molar-refractivity contribution is 6.04. The molecule has 8 nitrogen and oxygen atoms in total. The summed E-state index contributed by atoms with van der Waals surface area (Å²) in [6.07, 6.45) is 6.21. The summed E-state index contributed by atoms with van der Waals surface area (Å²) in [5, 5.41) is 18.5. The maximum atomic E-state index is 12.7. The second kappa shape index (κ2) is 8.99. The standard InChI is InChI=1S/C25H25N5O3/c31-20-13-19(14-20)29-23(32)16-3-1-4-18(11-16)28-22-8-7-17(12-21(22)15-5-6-15)24(33)30-25-26-9-2-10-27-25/h1-4,7-12,15,19-20,28,31H,5-6,13-14H2,(H,29,32)(H,26,27,30,33). The molecule has 3 aromatic rings. The van der Waals surface area contributed by atoms with E-state index in [0.717, 1.165) is 29.8 Å². The number of amides is 2. The predicted octanol–water partition coefficient (Wildman–Crippen LogP) is 3.60. The van der Waals surface area contributed by atoms with E-state index < -0.39 is 0 Å². The SMILES string of the molecule is O=C(Nc1ncccn1)c1ccc(Nc2cccc(C(=O)NC3CC(O)C3)c2)c(C2CC2)c1. The number of benzene rings is 2. The molecule has 0 aliphatic heterocycles. The quantitative estimate of drug-likeness (QED) is 0.443. The van der Waals surface area contributed by atoms with Crippen LogP contribution in [0.2, 0.25) is 0 Å². The number of hydrogen-bond donors (Lipinski definition) is 4. The van der Waals surface area contributed by atoms with E-state index in [1.54, 1.807) is 30.6 Å². The normalized spacial score (nSPS) is 19.3. The van der Waals surface area contributed by atoms with Crippen LogP contribution in [0.3, 0.4) is 0 Å². The molecular formula is C25H25N5O3. The molecule has 0 atom stereocenters. The van der Waals surface area contributed by atoms with Crippen LogP contribution in [0.4, 0.5) is 17.3 Å². The molecule has 2 aliphatic rings. The van der Waals surface area contributed by atoms with E-state index in [2.05, 4.69) is 25.9 Å². The van der Waals surface area contributed by atoms with Crippen molar-refractivity contribution in [3.63, 3.8) is 0 Å². The average molecular weight is 444 g/mol. The van der Waals surface area contributed by atoms with Crippen molar-refractivity contribution in [1.82, 2.24) is 15.3 Å². The number of aromatic nitrogens is 2. The fraction of sp³-hybridized carbons (Fsp3) is 0.280. The first-order valence-electron chi connectivity index (χ1n) is 11.1. The zero-order valence-corrected chi connectivity index (χ0v) is 18.0. The number of rotatable bonds is 7. The zero-order chi connectivity index (χ0) is 22.8. The molecular weight excluding hydrogens is 418 g/mol. The molecule has 2 aliphatic carbocycles. The summed E-state index contributed by atoms with van der Waals surface area (Å²) in [5.74, 6) is 0.275. The van der Waals surface area contributed by atoms with Gasteiger partial charge in [-0.3, -0.25) is 14.9 Å². The predicted molar refractivity (Wildman–Crippen MR) is 125 cm³/mol. The van der Waals surface area contributed by atoms with Crippen molar-refractivity contribution in [1.29, 1.82) is 0 Å². The highest BCUT2D eigenvalue weighted by atomic mass is 16.3. The summed E-state index contributed by atoms with van der Waals surface area (Å²) in [6, 6.07) is 14.6. The Labute approximate surface area is 191 Å². The van der Waals surface area contributed by atoms with E-state index >= 15 is 0 Å². The first-order chi connectivity index (χ1) is 16.0. The minimum absolute atomic E-state index is 0.0329. The third kappa shape index (κ3) is 5.01. The van der Waals surface area contributed by atoms with Gasteiger partial charge in [0.15, 0.2) is 0 Å². The molecule has 2 fully saturated rings. The first-order valence-corrected chi connectivity index (χ1v) is 11.1. The summed E-state index contributed by atoms with van der Waals surface area (Å²) >= 11 is 0. The average Bonchev–Trinajstić information content (AvgIpc) is 3.64. The van der Waals surface area contributed by atoms with Gasteiger partial charge in [-0.05, 0) is 79.6 Å². The molecule has 0 bridgehead atoms. The van der Waals surface area contributed by atoms with Gasteiger partial charge < -0.3 is 15.7 Å². The lowest BCUT2D eigenvalue weighted by molar-refractivity contribution is 0.0562. The van der Waals surface area contributed by atoms with Crippen molar-refractivity contribution in [3.8, 4) is 0 Å². The molecule has 2 amide bonds. The van der Waals surface area contributed by atoms with Gasteiger partial charge >= 0.3 is 0 Å². The number of anilines is 3. The lowest BCUT2D eigenvalue weighted by atomic mass is 9.89. The van der Waals surface area contributed by atoms with Gasteiger partial charge in [0.25, 0.3) is 11.8 Å². The van der Waals surface area contributed by atoms with Gasteiger partial charge in [-0.2, -0.15) is 0 Å². The van der Waals surface area contributed by atoms with Crippen molar-refractivity contribution >= 4 is 29.1 Å². The van der Waals surface area contributed by atoms with E-state index in [1.165, 1.54) is 0 Å². The Balaban J connectivity index is 1.31. The molecule has 2 aromatic carbocycles. The van der Waals surface area contributed by atoms with Crippen LogP contribution in [0.15, 0.2) is 60.9 Å². The number of aliphatic hydroxyl groups is 1. The second-order valence-electron chi connectivity index (χ2n) is 8.60. The summed E-state index contributed by atoms with van der Waals surface area (Å²) < 4.78 is 0. The van der Waals surface area contributed by atoms with Crippen LogP contribution in [0.25, 0.3) is 0 Å². The minimum atomic E-state index is -0.311.